The van der Waals surface area contributed by atoms with Gasteiger partial charge in [-0.15, -0.1) is 0 Å². The number of nitrogens with zero attached hydrogens (tertiary/aromatic N) is 2. The molecule has 1 aromatic carbocycles. The highest BCUT2D eigenvalue weighted by molar-refractivity contribution is 6.31. The van der Waals surface area contributed by atoms with E-state index in [-0.39, 0.29) is 35.6 Å². The minimum atomic E-state index is -0.497. The van der Waals surface area contributed by atoms with Gasteiger partial charge in [-0.05, 0) is 77.6 Å². The van der Waals surface area contributed by atoms with Crippen LogP contribution in [0.15, 0.2) is 18.2 Å². The van der Waals surface area contributed by atoms with Gasteiger partial charge in [-0.3, -0.25) is 14.4 Å². The second kappa shape index (κ2) is 11.3. The lowest BCUT2D eigenvalue weighted by molar-refractivity contribution is -0.139. The molecule has 1 aliphatic heterocycles. The van der Waals surface area contributed by atoms with E-state index in [0.717, 1.165) is 55.1 Å². The predicted octanol–water partition coefficient (Wildman–Crippen LogP) is 4.47. The lowest BCUT2D eigenvalue weighted by Crippen LogP contribution is -2.56. The van der Waals surface area contributed by atoms with Gasteiger partial charge in [0.05, 0.1) is 6.04 Å². The Morgan fingerprint density at radius 3 is 2.50 bits per heavy atom. The first-order chi connectivity index (χ1) is 17.2. The molecule has 2 aromatic rings. The van der Waals surface area contributed by atoms with E-state index in [2.05, 4.69) is 15.2 Å². The summed E-state index contributed by atoms with van der Waals surface area (Å²) in [5, 5.41) is 7.55. The van der Waals surface area contributed by atoms with Crippen molar-refractivity contribution < 1.29 is 14.4 Å². The van der Waals surface area contributed by atoms with Gasteiger partial charge in [-0.2, -0.15) is 0 Å². The van der Waals surface area contributed by atoms with Gasteiger partial charge in [-0.1, -0.05) is 30.9 Å². The van der Waals surface area contributed by atoms with Crippen LogP contribution in [-0.2, 0) is 16.1 Å². The topological polar surface area (TPSA) is 83.4 Å². The average molecular weight is 515 g/mol. The van der Waals surface area contributed by atoms with Gasteiger partial charge in [-0.25, -0.2) is 0 Å². The van der Waals surface area contributed by atoms with E-state index in [1.54, 1.807) is 14.0 Å². The molecule has 1 saturated heterocycles. The standard InChI is InChI=1S/C28H39ClN4O3/c1-17(30-4)27(35)31-26(20-9-6-5-7-10-20)28(36)32-14-8-11-22(32)16-33-18(2)25(19(3)34)23-15-21(29)12-13-24(23)33/h12-13,15,17,20,22,26,30H,5-11,14,16H2,1-4H3,(H,31,35)/t17-,22-,26-/m0/s1. The highest BCUT2D eigenvalue weighted by Crippen LogP contribution is 2.33. The molecule has 1 saturated carbocycles. The molecule has 36 heavy (non-hydrogen) atoms. The minimum absolute atomic E-state index is 0.00648. The second-order valence-electron chi connectivity index (χ2n) is 10.5. The van der Waals surface area contributed by atoms with E-state index in [1.807, 2.05) is 36.9 Å². The quantitative estimate of drug-likeness (QED) is 0.509. The van der Waals surface area contributed by atoms with Gasteiger partial charge in [0, 0.05) is 46.3 Å². The van der Waals surface area contributed by atoms with Gasteiger partial charge in [0.1, 0.15) is 6.04 Å². The first kappa shape index (κ1) is 26.7. The molecule has 2 heterocycles. The van der Waals surface area contributed by atoms with Crippen molar-refractivity contribution in [3.63, 3.8) is 0 Å². The van der Waals surface area contributed by atoms with Crippen molar-refractivity contribution in [1.29, 1.82) is 0 Å². The van der Waals surface area contributed by atoms with E-state index in [0.29, 0.717) is 23.7 Å². The molecule has 8 heteroatoms. The lowest BCUT2D eigenvalue weighted by atomic mass is 9.83. The molecule has 7 nitrogen and oxygen atoms in total. The van der Waals surface area contributed by atoms with Gasteiger partial charge in [0.2, 0.25) is 11.8 Å². The second-order valence-corrected chi connectivity index (χ2v) is 10.9. The summed E-state index contributed by atoms with van der Waals surface area (Å²) in [6.07, 6.45) is 7.14. The molecule has 1 aromatic heterocycles. The summed E-state index contributed by atoms with van der Waals surface area (Å²) in [5.41, 5.74) is 2.55. The van der Waals surface area contributed by atoms with E-state index < -0.39 is 6.04 Å². The number of fused-ring (bicyclic) bond motifs is 1. The van der Waals surface area contributed by atoms with Gasteiger partial charge in [0.15, 0.2) is 5.78 Å². The summed E-state index contributed by atoms with van der Waals surface area (Å²) in [4.78, 5) is 41.3. The van der Waals surface area contributed by atoms with Crippen LogP contribution in [-0.4, -0.2) is 58.8 Å². The summed E-state index contributed by atoms with van der Waals surface area (Å²) < 4.78 is 2.16. The van der Waals surface area contributed by atoms with E-state index in [4.69, 9.17) is 11.6 Å². The number of amides is 2. The Hall–Kier alpha value is -2.38. The van der Waals surface area contributed by atoms with Crippen LogP contribution in [0, 0.1) is 12.8 Å². The van der Waals surface area contributed by atoms with Crippen molar-refractivity contribution in [1.82, 2.24) is 20.1 Å². The molecule has 196 valence electrons. The summed E-state index contributed by atoms with van der Waals surface area (Å²) >= 11 is 6.26. The lowest BCUT2D eigenvalue weighted by Gasteiger charge is -2.35. The van der Waals surface area contributed by atoms with E-state index in [9.17, 15) is 14.4 Å². The Balaban J connectivity index is 1.62. The fraction of sp³-hybridized carbons (Fsp3) is 0.607. The van der Waals surface area contributed by atoms with Crippen LogP contribution >= 0.6 is 11.6 Å². The molecule has 0 unspecified atom stereocenters. The maximum atomic E-state index is 14.0. The SMILES string of the molecule is CN[C@@H](C)C(=O)N[C@H](C(=O)N1CCC[C@H]1Cn1c(C)c(C(C)=O)c2cc(Cl)ccc21)C1CCCCC1. The molecule has 2 N–H and O–H groups in total. The summed E-state index contributed by atoms with van der Waals surface area (Å²) in [5.74, 6) is 0.0788. The third-order valence-electron chi connectivity index (χ3n) is 8.20. The fourth-order valence-electron chi connectivity index (χ4n) is 6.10. The molecule has 4 rings (SSSR count). The Morgan fingerprint density at radius 1 is 1.11 bits per heavy atom. The number of nitrogens with one attached hydrogen (secondary N) is 2. The zero-order chi connectivity index (χ0) is 26.0. The number of likely N-dealkylation sites (tertiary alicyclic amines) is 1. The highest BCUT2D eigenvalue weighted by atomic mass is 35.5. The number of likely N-dealkylation sites (N-methyl/N-ethyl adjacent to an activating group) is 1. The summed E-state index contributed by atoms with van der Waals surface area (Å²) in [6.45, 7) is 6.67. The number of ketones is 1. The van der Waals surface area contributed by atoms with Crippen molar-refractivity contribution >= 4 is 40.1 Å². The van der Waals surface area contributed by atoms with Gasteiger partial charge >= 0.3 is 0 Å². The van der Waals surface area contributed by atoms with Crippen LogP contribution < -0.4 is 10.6 Å². The van der Waals surface area contributed by atoms with Crippen LogP contribution in [0.1, 0.15) is 74.8 Å². The van der Waals surface area contributed by atoms with Crippen molar-refractivity contribution in [2.24, 2.45) is 5.92 Å². The average Bonchev–Trinajstić information content (AvgIpc) is 3.44. The number of carbonyl (C=O) groups excluding carboxylic acids is 3. The third kappa shape index (κ3) is 5.32. The van der Waals surface area contributed by atoms with Gasteiger partial charge < -0.3 is 20.1 Å². The molecule has 2 fully saturated rings. The number of halogens is 1. The van der Waals surface area contributed by atoms with Crippen molar-refractivity contribution in [2.45, 2.75) is 90.4 Å². The largest absolute Gasteiger partial charge is 0.343 e. The number of carbonyl (C=O) groups is 3. The van der Waals surface area contributed by atoms with E-state index in [1.165, 1.54) is 6.42 Å². The molecule has 0 radical (unpaired) electrons. The Labute approximate surface area is 218 Å². The molecular formula is C28H39ClN4O3. The maximum Gasteiger partial charge on any atom is 0.245 e. The normalized spacial score (nSPS) is 20.5. The molecule has 2 amide bonds. The van der Waals surface area contributed by atoms with E-state index >= 15 is 0 Å². The smallest absolute Gasteiger partial charge is 0.245 e. The molecule has 1 aliphatic carbocycles. The Kier molecular flexibility index (Phi) is 8.41. The molecular weight excluding hydrogens is 476 g/mol. The summed E-state index contributed by atoms with van der Waals surface area (Å²) in [6, 6.07) is 4.81. The Bertz CT molecular complexity index is 1140. The minimum Gasteiger partial charge on any atom is -0.343 e. The molecule has 2 aliphatic rings. The number of hydrogen-bond donors (Lipinski definition) is 2. The van der Waals surface area contributed by atoms with Crippen molar-refractivity contribution in [3.8, 4) is 0 Å². The third-order valence-corrected chi connectivity index (χ3v) is 8.44. The van der Waals surface area contributed by atoms with Crippen LogP contribution in [0.2, 0.25) is 5.02 Å². The predicted molar refractivity (Wildman–Crippen MR) is 143 cm³/mol. The number of aromatic nitrogens is 1. The molecule has 3 atom stereocenters. The molecule has 0 bridgehead atoms. The zero-order valence-electron chi connectivity index (χ0n) is 21.9. The van der Waals surface area contributed by atoms with Crippen LogP contribution in [0.3, 0.4) is 0 Å². The van der Waals surface area contributed by atoms with Crippen LogP contribution in [0.5, 0.6) is 0 Å². The zero-order valence-corrected chi connectivity index (χ0v) is 22.7. The number of benzene rings is 1. The Morgan fingerprint density at radius 2 is 1.83 bits per heavy atom. The number of Topliss-reactive ketones (excluding diaryl/α,β-unsaturated/α-hetero) is 1. The van der Waals surface area contributed by atoms with Crippen molar-refractivity contribution in [3.05, 3.63) is 34.5 Å². The van der Waals surface area contributed by atoms with Crippen molar-refractivity contribution in [2.75, 3.05) is 13.6 Å². The van der Waals surface area contributed by atoms with Crippen LogP contribution in [0.25, 0.3) is 10.9 Å². The van der Waals surface area contributed by atoms with Crippen LogP contribution in [0.4, 0.5) is 0 Å². The number of hydrogen-bond acceptors (Lipinski definition) is 4. The van der Waals surface area contributed by atoms with Gasteiger partial charge in [0.25, 0.3) is 0 Å². The first-order valence-electron chi connectivity index (χ1n) is 13.3. The first-order valence-corrected chi connectivity index (χ1v) is 13.7. The highest BCUT2D eigenvalue weighted by Gasteiger charge is 2.39. The monoisotopic (exact) mass is 514 g/mol. The number of rotatable bonds is 8. The fourth-order valence-corrected chi connectivity index (χ4v) is 6.27. The summed E-state index contributed by atoms with van der Waals surface area (Å²) in [7, 11) is 1.75. The maximum absolute atomic E-state index is 14.0. The molecule has 0 spiro atoms.